The number of anilines is 5. The van der Waals surface area contributed by atoms with Gasteiger partial charge in [-0.2, -0.15) is 10.2 Å². The Morgan fingerprint density at radius 3 is 2.62 bits per heavy atom. The maximum atomic E-state index is 12.9. The molecule has 3 aromatic rings. The number of fused-ring (bicyclic) bond motifs is 1. The Morgan fingerprint density at radius 1 is 1.03 bits per heavy atom. The van der Waals surface area contributed by atoms with Crippen LogP contribution in [0.4, 0.5) is 28.6 Å². The first kappa shape index (κ1) is 21.8. The van der Waals surface area contributed by atoms with E-state index in [1.807, 2.05) is 25.1 Å². The normalized spacial score (nSPS) is 18.1. The second-order valence-corrected chi connectivity index (χ2v) is 8.77. The van der Waals surface area contributed by atoms with E-state index in [-0.39, 0.29) is 17.9 Å². The molecule has 1 unspecified atom stereocenters. The van der Waals surface area contributed by atoms with Crippen LogP contribution >= 0.6 is 0 Å². The molecule has 1 aliphatic carbocycles. The Labute approximate surface area is 198 Å². The number of hydrogen-bond donors (Lipinski definition) is 2. The van der Waals surface area contributed by atoms with Crippen molar-refractivity contribution in [3.63, 3.8) is 0 Å². The molecular formula is C25H27N7O2. The van der Waals surface area contributed by atoms with Gasteiger partial charge >= 0.3 is 0 Å². The molecule has 0 bridgehead atoms. The predicted octanol–water partition coefficient (Wildman–Crippen LogP) is 3.98. The zero-order valence-electron chi connectivity index (χ0n) is 19.2. The molecular weight excluding hydrogens is 430 g/mol. The lowest BCUT2D eigenvalue weighted by atomic mass is 10.0. The molecule has 1 aliphatic heterocycles. The highest BCUT2D eigenvalue weighted by molar-refractivity contribution is 6.06. The first-order valence-electron chi connectivity index (χ1n) is 11.5. The Balaban J connectivity index is 1.40. The fourth-order valence-corrected chi connectivity index (χ4v) is 4.85. The number of rotatable bonds is 5. The molecule has 0 spiro atoms. The summed E-state index contributed by atoms with van der Waals surface area (Å²) in [5.74, 6) is 0.508. The summed E-state index contributed by atoms with van der Waals surface area (Å²) in [4.78, 5) is 34.0. The third-order valence-electron chi connectivity index (χ3n) is 6.56. The SMILES string of the molecule is CC1C(=O)N(C)c2cnc(Nc3cccc(C(=O)Nc4ccnnc4)c3)cc2N1C1CCCC1. The van der Waals surface area contributed by atoms with Gasteiger partial charge in [0.05, 0.1) is 35.7 Å². The maximum absolute atomic E-state index is 12.9. The van der Waals surface area contributed by atoms with Crippen LogP contribution < -0.4 is 20.4 Å². The molecule has 34 heavy (non-hydrogen) atoms. The van der Waals surface area contributed by atoms with Gasteiger partial charge in [0.15, 0.2) is 0 Å². The van der Waals surface area contributed by atoms with E-state index < -0.39 is 0 Å². The van der Waals surface area contributed by atoms with Crippen LogP contribution in [-0.2, 0) is 4.79 Å². The highest BCUT2D eigenvalue weighted by Gasteiger charge is 2.38. The number of carbonyl (C=O) groups is 2. The molecule has 1 atom stereocenters. The fraction of sp³-hybridized carbons (Fsp3) is 0.320. The van der Waals surface area contributed by atoms with Gasteiger partial charge in [-0.25, -0.2) is 4.98 Å². The summed E-state index contributed by atoms with van der Waals surface area (Å²) in [6.45, 7) is 1.98. The summed E-state index contributed by atoms with van der Waals surface area (Å²) in [5, 5.41) is 13.6. The molecule has 2 N–H and O–H groups in total. The molecule has 9 nitrogen and oxygen atoms in total. The Bertz CT molecular complexity index is 1210. The van der Waals surface area contributed by atoms with Crippen molar-refractivity contribution in [1.29, 1.82) is 0 Å². The van der Waals surface area contributed by atoms with Gasteiger partial charge in [0.2, 0.25) is 5.91 Å². The highest BCUT2D eigenvalue weighted by atomic mass is 16.2. The summed E-state index contributed by atoms with van der Waals surface area (Å²) in [5.41, 5.74) is 3.66. The monoisotopic (exact) mass is 457 g/mol. The van der Waals surface area contributed by atoms with E-state index in [0.29, 0.717) is 23.1 Å². The molecule has 1 saturated carbocycles. The number of amides is 2. The summed E-state index contributed by atoms with van der Waals surface area (Å²) >= 11 is 0. The van der Waals surface area contributed by atoms with E-state index in [1.165, 1.54) is 25.2 Å². The number of likely N-dealkylation sites (N-methyl/N-ethyl adjacent to an activating group) is 1. The quantitative estimate of drug-likeness (QED) is 0.597. The van der Waals surface area contributed by atoms with Crippen LogP contribution in [0, 0.1) is 0 Å². The van der Waals surface area contributed by atoms with Gasteiger partial charge in [-0.15, -0.1) is 0 Å². The molecule has 5 rings (SSSR count). The Kier molecular flexibility index (Phi) is 5.83. The van der Waals surface area contributed by atoms with Gasteiger partial charge in [-0.05, 0) is 44.0 Å². The zero-order valence-corrected chi connectivity index (χ0v) is 19.2. The lowest BCUT2D eigenvalue weighted by molar-refractivity contribution is -0.119. The minimum atomic E-state index is -0.239. The fourth-order valence-electron chi connectivity index (χ4n) is 4.85. The number of carbonyl (C=O) groups excluding carboxylic acids is 2. The first-order chi connectivity index (χ1) is 16.5. The van der Waals surface area contributed by atoms with Gasteiger partial charge in [-0.3, -0.25) is 9.59 Å². The molecule has 1 aromatic carbocycles. The largest absolute Gasteiger partial charge is 0.355 e. The van der Waals surface area contributed by atoms with Crippen molar-refractivity contribution in [3.8, 4) is 0 Å². The van der Waals surface area contributed by atoms with Crippen molar-refractivity contribution >= 4 is 40.4 Å². The highest BCUT2D eigenvalue weighted by Crippen LogP contribution is 2.41. The minimum absolute atomic E-state index is 0.0880. The zero-order chi connectivity index (χ0) is 23.7. The number of nitrogens with zero attached hydrogens (tertiary/aromatic N) is 5. The van der Waals surface area contributed by atoms with Crippen LogP contribution in [-0.4, -0.2) is 46.1 Å². The third-order valence-corrected chi connectivity index (χ3v) is 6.56. The summed E-state index contributed by atoms with van der Waals surface area (Å²) in [7, 11) is 1.80. The van der Waals surface area contributed by atoms with E-state index >= 15 is 0 Å². The van der Waals surface area contributed by atoms with Crippen LogP contribution in [0.25, 0.3) is 0 Å². The van der Waals surface area contributed by atoms with Gasteiger partial charge in [0.25, 0.3) is 5.91 Å². The maximum Gasteiger partial charge on any atom is 0.255 e. The average molecular weight is 458 g/mol. The molecule has 0 saturated heterocycles. The van der Waals surface area contributed by atoms with Crippen molar-refractivity contribution in [1.82, 2.24) is 15.2 Å². The minimum Gasteiger partial charge on any atom is -0.355 e. The molecule has 2 aliphatic rings. The van der Waals surface area contributed by atoms with Crippen molar-refractivity contribution < 1.29 is 9.59 Å². The number of pyridine rings is 1. The number of nitrogens with one attached hydrogen (secondary N) is 2. The van der Waals surface area contributed by atoms with Crippen LogP contribution in [0.5, 0.6) is 0 Å². The molecule has 0 radical (unpaired) electrons. The molecule has 2 aromatic heterocycles. The van der Waals surface area contributed by atoms with Gasteiger partial charge in [0, 0.05) is 30.4 Å². The van der Waals surface area contributed by atoms with Gasteiger partial charge in [-0.1, -0.05) is 18.9 Å². The lowest BCUT2D eigenvalue weighted by Crippen LogP contribution is -2.54. The van der Waals surface area contributed by atoms with Crippen LogP contribution in [0.1, 0.15) is 43.0 Å². The van der Waals surface area contributed by atoms with Gasteiger partial charge in [0.1, 0.15) is 11.9 Å². The molecule has 174 valence electrons. The Morgan fingerprint density at radius 2 is 1.85 bits per heavy atom. The molecule has 1 fully saturated rings. The van der Waals surface area contributed by atoms with Gasteiger partial charge < -0.3 is 20.4 Å². The Hall–Kier alpha value is -4.01. The van der Waals surface area contributed by atoms with Crippen molar-refractivity contribution in [2.24, 2.45) is 0 Å². The molecule has 3 heterocycles. The second-order valence-electron chi connectivity index (χ2n) is 8.77. The van der Waals surface area contributed by atoms with E-state index in [2.05, 4.69) is 30.7 Å². The van der Waals surface area contributed by atoms with E-state index in [1.54, 1.807) is 36.3 Å². The topological polar surface area (TPSA) is 103 Å². The summed E-state index contributed by atoms with van der Waals surface area (Å²) < 4.78 is 0. The first-order valence-corrected chi connectivity index (χ1v) is 11.5. The standard InChI is InChI=1S/C25H27N7O2/c1-16-25(34)31(2)22-15-26-23(13-21(22)32(16)20-8-3-4-9-20)29-18-7-5-6-17(12-18)24(33)30-19-10-11-27-28-14-19/h5-7,10-16,20H,3-4,8-9H2,1-2H3,(H,26,29)(H,27,30,33). The van der Waals surface area contributed by atoms with Crippen molar-refractivity contribution in [2.45, 2.75) is 44.7 Å². The van der Waals surface area contributed by atoms with Crippen LogP contribution in [0.2, 0.25) is 0 Å². The average Bonchev–Trinajstić information content (AvgIpc) is 3.38. The number of aromatic nitrogens is 3. The molecule has 2 amide bonds. The molecule has 9 heteroatoms. The summed E-state index contributed by atoms with van der Waals surface area (Å²) in [6.07, 6.45) is 9.33. The lowest BCUT2D eigenvalue weighted by Gasteiger charge is -2.43. The third kappa shape index (κ3) is 4.16. The van der Waals surface area contributed by atoms with Crippen LogP contribution in [0.3, 0.4) is 0 Å². The number of benzene rings is 1. The second kappa shape index (κ2) is 9.09. The van der Waals surface area contributed by atoms with Crippen molar-refractivity contribution in [3.05, 3.63) is 60.6 Å². The van der Waals surface area contributed by atoms with Crippen molar-refractivity contribution in [2.75, 3.05) is 27.5 Å². The van der Waals surface area contributed by atoms with Crippen LogP contribution in [0.15, 0.2) is 55.0 Å². The smallest absolute Gasteiger partial charge is 0.255 e. The summed E-state index contributed by atoms with van der Waals surface area (Å²) in [6, 6.07) is 11.1. The van der Waals surface area contributed by atoms with E-state index in [0.717, 1.165) is 29.9 Å². The number of hydrogen-bond acceptors (Lipinski definition) is 7. The van der Waals surface area contributed by atoms with E-state index in [4.69, 9.17) is 0 Å². The van der Waals surface area contributed by atoms with E-state index in [9.17, 15) is 9.59 Å². The predicted molar refractivity (Wildman–Crippen MR) is 132 cm³/mol.